The monoisotopic (exact) mass is 280 g/mol. The third kappa shape index (κ3) is 4.07. The summed E-state index contributed by atoms with van der Waals surface area (Å²) in [6.07, 6.45) is 1.91. The molecule has 1 heterocycles. The molecule has 1 aromatic rings. The predicted octanol–water partition coefficient (Wildman–Crippen LogP) is 2.64. The molecular weight excluding hydrogens is 252 g/mol. The zero-order chi connectivity index (χ0) is 15.1. The van der Waals surface area contributed by atoms with Gasteiger partial charge in [-0.2, -0.15) is 0 Å². The van der Waals surface area contributed by atoms with E-state index < -0.39 is 0 Å². The van der Waals surface area contributed by atoms with Crippen LogP contribution in [-0.2, 0) is 11.2 Å². The van der Waals surface area contributed by atoms with Gasteiger partial charge >= 0.3 is 0 Å². The summed E-state index contributed by atoms with van der Waals surface area (Å²) in [5, 5.41) is 3.39. The van der Waals surface area contributed by atoms with Gasteiger partial charge < -0.3 is 15.0 Å². The van der Waals surface area contributed by atoms with E-state index in [1.54, 1.807) is 7.11 Å². The van der Waals surface area contributed by atoms with Crippen LogP contribution in [0.4, 0.5) is 11.6 Å². The number of aryl methyl sites for hydroxylation is 1. The first-order chi connectivity index (χ1) is 9.54. The molecule has 0 bridgehead atoms. The summed E-state index contributed by atoms with van der Waals surface area (Å²) < 4.78 is 5.24. The van der Waals surface area contributed by atoms with Crippen LogP contribution in [0.25, 0.3) is 0 Å². The molecule has 0 saturated heterocycles. The Morgan fingerprint density at radius 1 is 1.30 bits per heavy atom. The number of aromatic nitrogens is 2. The summed E-state index contributed by atoms with van der Waals surface area (Å²) in [5.41, 5.74) is 1.10. The van der Waals surface area contributed by atoms with Crippen molar-refractivity contribution in [3.63, 3.8) is 0 Å². The van der Waals surface area contributed by atoms with Crippen molar-refractivity contribution in [2.24, 2.45) is 0 Å². The van der Waals surface area contributed by atoms with Crippen molar-refractivity contribution in [3.8, 4) is 0 Å². The Morgan fingerprint density at radius 3 is 2.55 bits per heavy atom. The summed E-state index contributed by atoms with van der Waals surface area (Å²) in [4.78, 5) is 11.4. The van der Waals surface area contributed by atoms with Gasteiger partial charge in [0.15, 0.2) is 0 Å². The van der Waals surface area contributed by atoms with Gasteiger partial charge in [-0.05, 0) is 20.3 Å². The van der Waals surface area contributed by atoms with Gasteiger partial charge in [0, 0.05) is 32.7 Å². The first-order valence-corrected chi connectivity index (χ1v) is 7.38. The number of nitrogens with one attached hydrogen (secondary N) is 1. The van der Waals surface area contributed by atoms with E-state index in [0.717, 1.165) is 42.4 Å². The van der Waals surface area contributed by atoms with Crippen molar-refractivity contribution in [2.45, 2.75) is 46.6 Å². The molecule has 0 aliphatic heterocycles. The van der Waals surface area contributed by atoms with Crippen LogP contribution in [0.1, 0.15) is 38.6 Å². The van der Waals surface area contributed by atoms with E-state index in [9.17, 15) is 0 Å². The summed E-state index contributed by atoms with van der Waals surface area (Å²) >= 11 is 0. The molecule has 1 atom stereocenters. The van der Waals surface area contributed by atoms with Crippen LogP contribution in [0.3, 0.4) is 0 Å². The minimum Gasteiger partial charge on any atom is -0.383 e. The fourth-order valence-electron chi connectivity index (χ4n) is 2.03. The lowest BCUT2D eigenvalue weighted by atomic mass is 10.2. The van der Waals surface area contributed by atoms with Gasteiger partial charge in [0.1, 0.15) is 17.5 Å². The van der Waals surface area contributed by atoms with Crippen molar-refractivity contribution in [3.05, 3.63) is 11.4 Å². The highest BCUT2D eigenvalue weighted by molar-refractivity contribution is 5.58. The van der Waals surface area contributed by atoms with Crippen LogP contribution in [-0.4, -0.2) is 43.3 Å². The quantitative estimate of drug-likeness (QED) is 0.793. The van der Waals surface area contributed by atoms with Gasteiger partial charge in [-0.25, -0.2) is 9.97 Å². The van der Waals surface area contributed by atoms with Crippen molar-refractivity contribution in [1.29, 1.82) is 0 Å². The molecule has 5 nitrogen and oxygen atoms in total. The molecule has 20 heavy (non-hydrogen) atoms. The molecule has 0 saturated carbocycles. The molecule has 0 aromatic carbocycles. The normalized spacial score (nSPS) is 12.3. The number of rotatable bonds is 8. The Bertz CT molecular complexity index is 423. The molecule has 1 rings (SSSR count). The largest absolute Gasteiger partial charge is 0.383 e. The molecule has 0 aliphatic rings. The topological polar surface area (TPSA) is 50.3 Å². The Hall–Kier alpha value is -1.36. The predicted molar refractivity (Wildman–Crippen MR) is 84.7 cm³/mol. The number of likely N-dealkylation sites (N-methyl/N-ethyl adjacent to an activating group) is 1. The lowest BCUT2D eigenvalue weighted by molar-refractivity contribution is 0.183. The number of ether oxygens (including phenoxy) is 1. The SMILES string of the molecule is CCCNc1nc(CC)nc(N(C)C(C)COC)c1C. The average Bonchev–Trinajstić information content (AvgIpc) is 2.45. The summed E-state index contributed by atoms with van der Waals surface area (Å²) in [7, 11) is 3.78. The fourth-order valence-corrected chi connectivity index (χ4v) is 2.03. The summed E-state index contributed by atoms with van der Waals surface area (Å²) in [5.74, 6) is 2.81. The third-order valence-corrected chi connectivity index (χ3v) is 3.43. The Balaban J connectivity index is 3.10. The smallest absolute Gasteiger partial charge is 0.137 e. The molecule has 0 aliphatic carbocycles. The van der Waals surface area contributed by atoms with Crippen LogP contribution >= 0.6 is 0 Å². The molecule has 114 valence electrons. The number of hydrogen-bond donors (Lipinski definition) is 1. The number of methoxy groups -OCH3 is 1. The first kappa shape index (κ1) is 16.7. The Labute approximate surface area is 122 Å². The lowest BCUT2D eigenvalue weighted by Gasteiger charge is -2.28. The van der Waals surface area contributed by atoms with Crippen LogP contribution in [0, 0.1) is 6.92 Å². The minimum absolute atomic E-state index is 0.275. The highest BCUT2D eigenvalue weighted by Gasteiger charge is 2.17. The molecule has 0 amide bonds. The van der Waals surface area contributed by atoms with Crippen LogP contribution < -0.4 is 10.2 Å². The number of nitrogens with zero attached hydrogens (tertiary/aromatic N) is 3. The maximum atomic E-state index is 5.24. The molecule has 1 aromatic heterocycles. The van der Waals surface area contributed by atoms with E-state index in [1.807, 2.05) is 0 Å². The molecule has 1 N–H and O–H groups in total. The van der Waals surface area contributed by atoms with Crippen LogP contribution in [0.15, 0.2) is 0 Å². The van der Waals surface area contributed by atoms with Crippen molar-refractivity contribution in [1.82, 2.24) is 9.97 Å². The van der Waals surface area contributed by atoms with Crippen LogP contribution in [0.2, 0.25) is 0 Å². The van der Waals surface area contributed by atoms with Gasteiger partial charge in [0.05, 0.1) is 12.6 Å². The number of anilines is 2. The van der Waals surface area contributed by atoms with E-state index >= 15 is 0 Å². The molecule has 5 heteroatoms. The number of hydrogen-bond acceptors (Lipinski definition) is 5. The third-order valence-electron chi connectivity index (χ3n) is 3.43. The van der Waals surface area contributed by atoms with E-state index in [1.165, 1.54) is 0 Å². The zero-order valence-electron chi connectivity index (χ0n) is 13.7. The van der Waals surface area contributed by atoms with Gasteiger partial charge in [-0.1, -0.05) is 13.8 Å². The average molecular weight is 280 g/mol. The maximum absolute atomic E-state index is 5.24. The van der Waals surface area contributed by atoms with Gasteiger partial charge in [-0.15, -0.1) is 0 Å². The molecule has 0 radical (unpaired) electrons. The van der Waals surface area contributed by atoms with E-state index in [-0.39, 0.29) is 6.04 Å². The van der Waals surface area contributed by atoms with Crippen molar-refractivity contribution >= 4 is 11.6 Å². The van der Waals surface area contributed by atoms with Gasteiger partial charge in [-0.3, -0.25) is 0 Å². The second-order valence-electron chi connectivity index (χ2n) is 5.13. The van der Waals surface area contributed by atoms with Gasteiger partial charge in [0.25, 0.3) is 0 Å². The summed E-state index contributed by atoms with van der Waals surface area (Å²) in [6, 6.07) is 0.275. The molecule has 0 spiro atoms. The van der Waals surface area contributed by atoms with E-state index in [2.05, 4.69) is 54.9 Å². The Morgan fingerprint density at radius 2 is 2.00 bits per heavy atom. The molecular formula is C15H28N4O. The van der Waals surface area contributed by atoms with E-state index in [4.69, 9.17) is 4.74 Å². The lowest BCUT2D eigenvalue weighted by Crippen LogP contribution is -2.34. The van der Waals surface area contributed by atoms with Crippen LogP contribution in [0.5, 0.6) is 0 Å². The Kier molecular flexibility index (Phi) is 6.71. The minimum atomic E-state index is 0.275. The first-order valence-electron chi connectivity index (χ1n) is 7.38. The fraction of sp³-hybridized carbons (Fsp3) is 0.733. The second-order valence-corrected chi connectivity index (χ2v) is 5.13. The van der Waals surface area contributed by atoms with Crippen molar-refractivity contribution in [2.75, 3.05) is 37.5 Å². The standard InChI is InChI=1S/C15H28N4O/c1-7-9-16-14-12(4)15(18-13(8-2)17-14)19(5)11(3)10-20-6/h11H,7-10H2,1-6H3,(H,16,17,18). The molecule has 1 unspecified atom stereocenters. The molecule has 0 fully saturated rings. The zero-order valence-corrected chi connectivity index (χ0v) is 13.7. The second kappa shape index (κ2) is 8.04. The van der Waals surface area contributed by atoms with Gasteiger partial charge in [0.2, 0.25) is 0 Å². The highest BCUT2D eigenvalue weighted by atomic mass is 16.5. The highest BCUT2D eigenvalue weighted by Crippen LogP contribution is 2.24. The van der Waals surface area contributed by atoms with E-state index in [0.29, 0.717) is 6.61 Å². The maximum Gasteiger partial charge on any atom is 0.137 e. The summed E-state index contributed by atoms with van der Waals surface area (Å²) in [6.45, 7) is 10.0. The van der Waals surface area contributed by atoms with Crippen molar-refractivity contribution < 1.29 is 4.74 Å².